The van der Waals surface area contributed by atoms with Crippen LogP contribution in [-0.2, 0) is 9.53 Å². The van der Waals surface area contributed by atoms with Crippen LogP contribution in [0.5, 0.6) is 0 Å². The molecule has 0 aromatic rings. The van der Waals surface area contributed by atoms with E-state index in [-0.39, 0.29) is 23.4 Å². The van der Waals surface area contributed by atoms with Gasteiger partial charge in [0.2, 0.25) is 0 Å². The smallest absolute Gasteiger partial charge is 0.324 e. The van der Waals surface area contributed by atoms with Gasteiger partial charge in [0.05, 0.1) is 0 Å². The van der Waals surface area contributed by atoms with Crippen LogP contribution in [0.1, 0.15) is 137 Å². The van der Waals surface area contributed by atoms with Crippen molar-refractivity contribution in [3.8, 4) is 0 Å². The number of amides is 3. The van der Waals surface area contributed by atoms with Crippen LogP contribution in [0.25, 0.3) is 0 Å². The number of carbonyl (C=O) groups is 2. The van der Waals surface area contributed by atoms with Gasteiger partial charge in [0.15, 0.2) is 0 Å². The van der Waals surface area contributed by atoms with Crippen molar-refractivity contribution < 1.29 is 19.4 Å². The number of aliphatic hydroxyl groups is 1. The Labute approximate surface area is 222 Å². The molecule has 1 saturated heterocycles. The fourth-order valence-electron chi connectivity index (χ4n) is 5.88. The Hall–Kier alpha value is -1.14. The van der Waals surface area contributed by atoms with Crippen molar-refractivity contribution in [2.45, 2.75) is 143 Å². The Morgan fingerprint density at radius 2 is 1.25 bits per heavy atom. The molecule has 2 N–H and O–H groups in total. The predicted octanol–water partition coefficient (Wildman–Crippen LogP) is 7.23. The van der Waals surface area contributed by atoms with Crippen molar-refractivity contribution in [1.82, 2.24) is 10.2 Å². The van der Waals surface area contributed by atoms with E-state index in [9.17, 15) is 9.59 Å². The van der Waals surface area contributed by atoms with Crippen LogP contribution < -0.4 is 5.32 Å². The molecule has 0 spiro atoms. The van der Waals surface area contributed by atoms with Crippen molar-refractivity contribution in [3.05, 3.63) is 0 Å². The summed E-state index contributed by atoms with van der Waals surface area (Å²) >= 11 is 0. The number of urea groups is 1. The number of hydrogen-bond acceptors (Lipinski definition) is 4. The molecule has 6 nitrogen and oxygen atoms in total. The molecule has 212 valence electrons. The Kier molecular flexibility index (Phi) is 16.6. The predicted molar refractivity (Wildman–Crippen MR) is 149 cm³/mol. The van der Waals surface area contributed by atoms with E-state index < -0.39 is 0 Å². The van der Waals surface area contributed by atoms with Crippen molar-refractivity contribution >= 4 is 11.9 Å². The number of hydrogen-bond donors (Lipinski definition) is 2. The number of carbonyl (C=O) groups excluding carboxylic acids is 2. The molecule has 0 radical (unpaired) electrons. The van der Waals surface area contributed by atoms with Gasteiger partial charge in [-0.2, -0.15) is 0 Å². The van der Waals surface area contributed by atoms with E-state index in [2.05, 4.69) is 33.0 Å². The van der Waals surface area contributed by atoms with Crippen LogP contribution in [0.2, 0.25) is 0 Å². The van der Waals surface area contributed by atoms with Crippen molar-refractivity contribution in [2.75, 3.05) is 26.4 Å². The van der Waals surface area contributed by atoms with Gasteiger partial charge < -0.3 is 15.2 Å². The van der Waals surface area contributed by atoms with Crippen LogP contribution in [-0.4, -0.2) is 54.4 Å². The molecule has 1 aliphatic rings. The SMILES string of the molecule is CCC1NC(=O)N(CCC(CC)(CC)CCCCOCCCCC(CC)(CC)CCCCCO)C1=O. The zero-order chi connectivity index (χ0) is 26.9. The zero-order valence-corrected chi connectivity index (χ0v) is 24.3. The van der Waals surface area contributed by atoms with Crippen LogP contribution in [0.15, 0.2) is 0 Å². The van der Waals surface area contributed by atoms with Crippen molar-refractivity contribution in [1.29, 1.82) is 0 Å². The quantitative estimate of drug-likeness (QED) is 0.112. The Balaban J connectivity index is 2.26. The Morgan fingerprint density at radius 3 is 1.69 bits per heavy atom. The molecule has 3 amide bonds. The second-order valence-electron chi connectivity index (χ2n) is 11.1. The number of aliphatic hydroxyl groups excluding tert-OH is 1. The first-order chi connectivity index (χ1) is 17.4. The van der Waals surface area contributed by atoms with Gasteiger partial charge in [-0.1, -0.05) is 86.0 Å². The van der Waals surface area contributed by atoms with Gasteiger partial charge in [0.25, 0.3) is 5.91 Å². The molecule has 1 rings (SSSR count). The first kappa shape index (κ1) is 32.9. The lowest BCUT2D eigenvalue weighted by molar-refractivity contribution is -0.127. The topological polar surface area (TPSA) is 78.9 Å². The van der Waals surface area contributed by atoms with Crippen molar-refractivity contribution in [3.63, 3.8) is 0 Å². The highest BCUT2D eigenvalue weighted by Crippen LogP contribution is 2.38. The van der Waals surface area contributed by atoms with Gasteiger partial charge in [-0.25, -0.2) is 4.79 Å². The summed E-state index contributed by atoms with van der Waals surface area (Å²) in [6.45, 7) is 13.6. The lowest BCUT2D eigenvalue weighted by atomic mass is 9.74. The lowest BCUT2D eigenvalue weighted by Crippen LogP contribution is -2.35. The van der Waals surface area contributed by atoms with E-state index in [4.69, 9.17) is 9.84 Å². The molecular formula is C30H58N2O4. The molecule has 1 unspecified atom stereocenters. The summed E-state index contributed by atoms with van der Waals surface area (Å²) in [6.07, 6.45) is 17.7. The Bertz CT molecular complexity index is 602. The maximum atomic E-state index is 12.4. The van der Waals surface area contributed by atoms with Gasteiger partial charge in [-0.3, -0.25) is 9.69 Å². The number of imide groups is 1. The highest BCUT2D eigenvalue weighted by atomic mass is 16.5. The van der Waals surface area contributed by atoms with E-state index in [1.807, 2.05) is 6.92 Å². The normalized spacial score (nSPS) is 16.7. The monoisotopic (exact) mass is 510 g/mol. The summed E-state index contributed by atoms with van der Waals surface area (Å²) in [6, 6.07) is -0.567. The minimum absolute atomic E-state index is 0.0613. The number of nitrogens with zero attached hydrogens (tertiary/aromatic N) is 1. The summed E-state index contributed by atoms with van der Waals surface area (Å²) in [4.78, 5) is 26.0. The average molecular weight is 511 g/mol. The van der Waals surface area contributed by atoms with Gasteiger partial charge >= 0.3 is 6.03 Å². The maximum absolute atomic E-state index is 12.4. The molecule has 1 atom stereocenters. The molecule has 6 heteroatoms. The van der Waals surface area contributed by atoms with Crippen LogP contribution in [0.4, 0.5) is 4.79 Å². The van der Waals surface area contributed by atoms with E-state index in [1.54, 1.807) is 0 Å². The fourth-order valence-corrected chi connectivity index (χ4v) is 5.88. The second-order valence-corrected chi connectivity index (χ2v) is 11.1. The maximum Gasteiger partial charge on any atom is 0.324 e. The summed E-state index contributed by atoms with van der Waals surface area (Å²) in [5.41, 5.74) is 0.655. The molecule has 0 bridgehead atoms. The fraction of sp³-hybridized carbons (Fsp3) is 0.933. The molecule has 36 heavy (non-hydrogen) atoms. The number of rotatable bonds is 23. The van der Waals surface area contributed by atoms with E-state index >= 15 is 0 Å². The molecular weight excluding hydrogens is 452 g/mol. The van der Waals surface area contributed by atoms with Gasteiger partial charge in [0.1, 0.15) is 6.04 Å². The van der Waals surface area contributed by atoms with Gasteiger partial charge in [-0.05, 0) is 62.2 Å². The summed E-state index contributed by atoms with van der Waals surface area (Å²) in [7, 11) is 0. The average Bonchev–Trinajstić information content (AvgIpc) is 3.18. The summed E-state index contributed by atoms with van der Waals surface area (Å²) in [5, 5.41) is 11.8. The lowest BCUT2D eigenvalue weighted by Gasteiger charge is -2.33. The van der Waals surface area contributed by atoms with E-state index in [1.165, 1.54) is 43.4 Å². The van der Waals surface area contributed by atoms with E-state index in [0.29, 0.717) is 25.0 Å². The number of nitrogens with one attached hydrogen (secondary N) is 1. The number of ether oxygens (including phenoxy) is 1. The summed E-state index contributed by atoms with van der Waals surface area (Å²) in [5.74, 6) is -0.0613. The van der Waals surface area contributed by atoms with Crippen molar-refractivity contribution in [2.24, 2.45) is 10.8 Å². The minimum atomic E-state index is -0.343. The zero-order valence-electron chi connectivity index (χ0n) is 24.3. The minimum Gasteiger partial charge on any atom is -0.396 e. The molecule has 0 aliphatic carbocycles. The third-order valence-electron chi connectivity index (χ3n) is 9.24. The first-order valence-corrected chi connectivity index (χ1v) is 15.2. The third-order valence-corrected chi connectivity index (χ3v) is 9.24. The van der Waals surface area contributed by atoms with Gasteiger partial charge in [0, 0.05) is 26.4 Å². The second kappa shape index (κ2) is 18.2. The molecule has 0 aromatic carbocycles. The van der Waals surface area contributed by atoms with Gasteiger partial charge in [-0.15, -0.1) is 0 Å². The summed E-state index contributed by atoms with van der Waals surface area (Å²) < 4.78 is 5.97. The molecule has 1 heterocycles. The third kappa shape index (κ3) is 10.7. The van der Waals surface area contributed by atoms with E-state index in [0.717, 1.165) is 71.0 Å². The molecule has 1 fully saturated rings. The largest absolute Gasteiger partial charge is 0.396 e. The first-order valence-electron chi connectivity index (χ1n) is 15.2. The van der Waals surface area contributed by atoms with Crippen LogP contribution >= 0.6 is 0 Å². The number of unbranched alkanes of at least 4 members (excludes halogenated alkanes) is 4. The Morgan fingerprint density at radius 1 is 0.750 bits per heavy atom. The van der Waals surface area contributed by atoms with Crippen LogP contribution in [0.3, 0.4) is 0 Å². The highest BCUT2D eigenvalue weighted by molar-refractivity contribution is 6.04. The standard InChI is InChI=1S/C30H58N2O4/c1-6-26-27(34)32(28(35)31-26)22-21-30(9-4,10-5)20-14-17-25-36-24-16-13-19-29(7-2,8-3)18-12-11-15-23-33/h26,33H,6-25H2,1-5H3,(H,31,35). The molecule has 0 saturated carbocycles. The molecule has 0 aromatic heterocycles. The highest BCUT2D eigenvalue weighted by Gasteiger charge is 2.38. The van der Waals surface area contributed by atoms with Crippen LogP contribution in [0, 0.1) is 10.8 Å². The molecule has 1 aliphatic heterocycles.